The average molecular weight is 498 g/mol. The first kappa shape index (κ1) is 25.0. The molecule has 0 bridgehead atoms. The molecule has 4 aromatic rings. The minimum absolute atomic E-state index is 0.00574. The number of nitriles is 1. The van der Waals surface area contributed by atoms with Crippen molar-refractivity contribution in [3.63, 3.8) is 0 Å². The van der Waals surface area contributed by atoms with Gasteiger partial charge in [0.1, 0.15) is 36.4 Å². The Hall–Kier alpha value is -4.15. The summed E-state index contributed by atoms with van der Waals surface area (Å²) in [5.74, 6) is 0.987. The number of aromatic nitrogens is 1. The third-order valence-electron chi connectivity index (χ3n) is 5.41. The second kappa shape index (κ2) is 11.1. The molecule has 4 rings (SSSR count). The van der Waals surface area contributed by atoms with Crippen LogP contribution in [-0.4, -0.2) is 24.1 Å². The number of hydrogen-bond acceptors (Lipinski definition) is 6. The maximum atomic E-state index is 12.6. The van der Waals surface area contributed by atoms with Crippen molar-refractivity contribution in [2.75, 3.05) is 18.5 Å². The zero-order valence-electron chi connectivity index (χ0n) is 20.4. The summed E-state index contributed by atoms with van der Waals surface area (Å²) < 4.78 is 12.5. The van der Waals surface area contributed by atoms with Gasteiger partial charge in [-0.05, 0) is 59.0 Å². The summed E-state index contributed by atoms with van der Waals surface area (Å²) >= 11 is 1.36. The summed E-state index contributed by atoms with van der Waals surface area (Å²) in [6.07, 6.45) is 1.54. The molecule has 1 heterocycles. The predicted octanol–water partition coefficient (Wildman–Crippen LogP) is 6.60. The van der Waals surface area contributed by atoms with Gasteiger partial charge in [0.15, 0.2) is 5.13 Å². The lowest BCUT2D eigenvalue weighted by atomic mass is 9.87. The van der Waals surface area contributed by atoms with Crippen molar-refractivity contribution >= 4 is 38.7 Å². The second-order valence-corrected chi connectivity index (χ2v) is 10.2. The monoisotopic (exact) mass is 497 g/mol. The van der Waals surface area contributed by atoms with E-state index in [-0.39, 0.29) is 11.0 Å². The normalized spacial score (nSPS) is 11.7. The molecule has 36 heavy (non-hydrogen) atoms. The van der Waals surface area contributed by atoms with Crippen molar-refractivity contribution < 1.29 is 14.3 Å². The predicted molar refractivity (Wildman–Crippen MR) is 144 cm³/mol. The number of nitrogens with one attached hydrogen (secondary N) is 1. The van der Waals surface area contributed by atoms with Crippen LogP contribution in [0, 0.1) is 11.3 Å². The van der Waals surface area contributed by atoms with Gasteiger partial charge < -0.3 is 9.47 Å². The highest BCUT2D eigenvalue weighted by atomic mass is 32.1. The summed E-state index contributed by atoms with van der Waals surface area (Å²) in [6, 6.07) is 24.9. The Morgan fingerprint density at radius 2 is 1.58 bits per heavy atom. The fourth-order valence-electron chi connectivity index (χ4n) is 3.44. The summed E-state index contributed by atoms with van der Waals surface area (Å²) in [6.45, 7) is 7.35. The molecule has 0 aliphatic carbocycles. The zero-order chi connectivity index (χ0) is 25.5. The maximum Gasteiger partial charge on any atom is 0.268 e. The van der Waals surface area contributed by atoms with Crippen LogP contribution in [-0.2, 0) is 10.2 Å². The molecule has 0 atom stereocenters. The van der Waals surface area contributed by atoms with Crippen LogP contribution in [0.3, 0.4) is 0 Å². The molecule has 0 spiro atoms. The SMILES string of the molecule is CC(C)(C)c1ccc(OCCOc2ccc(/C=C(\C#N)C(=O)Nc3nc4ccccc4s3)cc2)cc1. The number of para-hydroxylation sites is 1. The highest BCUT2D eigenvalue weighted by Gasteiger charge is 2.14. The van der Waals surface area contributed by atoms with Gasteiger partial charge in [0.05, 0.1) is 10.2 Å². The highest BCUT2D eigenvalue weighted by Crippen LogP contribution is 2.26. The van der Waals surface area contributed by atoms with Gasteiger partial charge in [-0.25, -0.2) is 4.98 Å². The lowest BCUT2D eigenvalue weighted by Gasteiger charge is -2.19. The van der Waals surface area contributed by atoms with Crippen LogP contribution < -0.4 is 14.8 Å². The van der Waals surface area contributed by atoms with E-state index in [0.717, 1.165) is 16.0 Å². The number of benzene rings is 3. The second-order valence-electron chi connectivity index (χ2n) is 9.15. The fraction of sp³-hybridized carbons (Fsp3) is 0.207. The third kappa shape index (κ3) is 6.49. The Bertz CT molecular complexity index is 1380. The highest BCUT2D eigenvalue weighted by molar-refractivity contribution is 7.22. The van der Waals surface area contributed by atoms with Crippen molar-refractivity contribution in [2.45, 2.75) is 26.2 Å². The molecule has 7 heteroatoms. The number of nitrogens with zero attached hydrogens (tertiary/aromatic N) is 2. The smallest absolute Gasteiger partial charge is 0.268 e. The van der Waals surface area contributed by atoms with E-state index in [1.165, 1.54) is 23.0 Å². The molecule has 0 aliphatic heterocycles. The summed E-state index contributed by atoms with van der Waals surface area (Å²) in [5, 5.41) is 12.7. The molecule has 0 radical (unpaired) electrons. The summed E-state index contributed by atoms with van der Waals surface area (Å²) in [7, 11) is 0. The van der Waals surface area contributed by atoms with E-state index >= 15 is 0 Å². The number of anilines is 1. The van der Waals surface area contributed by atoms with Crippen molar-refractivity contribution in [3.8, 4) is 17.6 Å². The molecule has 1 amide bonds. The van der Waals surface area contributed by atoms with Gasteiger partial charge in [0.25, 0.3) is 5.91 Å². The Morgan fingerprint density at radius 3 is 2.17 bits per heavy atom. The van der Waals surface area contributed by atoms with Crippen LogP contribution in [0.25, 0.3) is 16.3 Å². The van der Waals surface area contributed by atoms with Crippen LogP contribution in [0.15, 0.2) is 78.4 Å². The molecule has 1 N–H and O–H groups in total. The largest absolute Gasteiger partial charge is 0.490 e. The molecule has 6 nitrogen and oxygen atoms in total. The molecular weight excluding hydrogens is 470 g/mol. The van der Waals surface area contributed by atoms with Gasteiger partial charge in [0.2, 0.25) is 0 Å². The quantitative estimate of drug-likeness (QED) is 0.168. The Labute approximate surface area is 214 Å². The van der Waals surface area contributed by atoms with Crippen LogP contribution in [0.2, 0.25) is 0 Å². The molecule has 182 valence electrons. The summed E-state index contributed by atoms with van der Waals surface area (Å²) in [4.78, 5) is 17.0. The minimum Gasteiger partial charge on any atom is -0.490 e. The molecule has 0 fully saturated rings. The van der Waals surface area contributed by atoms with Crippen molar-refractivity contribution in [3.05, 3.63) is 89.5 Å². The number of thiazole rings is 1. The lowest BCUT2D eigenvalue weighted by Crippen LogP contribution is -2.13. The first-order chi connectivity index (χ1) is 17.3. The summed E-state index contributed by atoms with van der Waals surface area (Å²) in [5.41, 5.74) is 2.88. The van der Waals surface area contributed by atoms with Crippen LogP contribution in [0.4, 0.5) is 5.13 Å². The number of hydrogen-bond donors (Lipinski definition) is 1. The number of carbonyl (C=O) groups is 1. The molecule has 0 aliphatic rings. The number of fused-ring (bicyclic) bond motifs is 1. The van der Waals surface area contributed by atoms with E-state index in [4.69, 9.17) is 9.47 Å². The zero-order valence-corrected chi connectivity index (χ0v) is 21.3. The maximum absolute atomic E-state index is 12.6. The first-order valence-corrected chi connectivity index (χ1v) is 12.4. The van der Waals surface area contributed by atoms with Gasteiger partial charge in [-0.1, -0.05) is 68.5 Å². The fourth-order valence-corrected chi connectivity index (χ4v) is 4.30. The Kier molecular flexibility index (Phi) is 7.67. The third-order valence-corrected chi connectivity index (χ3v) is 6.36. The van der Waals surface area contributed by atoms with E-state index in [1.807, 2.05) is 42.5 Å². The molecule has 1 aromatic heterocycles. The van der Waals surface area contributed by atoms with Gasteiger partial charge in [-0.3, -0.25) is 10.1 Å². The van der Waals surface area contributed by atoms with E-state index in [2.05, 4.69) is 43.2 Å². The van der Waals surface area contributed by atoms with E-state index < -0.39 is 5.91 Å². The minimum atomic E-state index is -0.496. The Morgan fingerprint density at radius 1 is 0.972 bits per heavy atom. The first-order valence-electron chi connectivity index (χ1n) is 11.6. The number of carbonyl (C=O) groups excluding carboxylic acids is 1. The average Bonchev–Trinajstić information content (AvgIpc) is 3.28. The molecule has 0 saturated heterocycles. The molecular formula is C29H27N3O3S. The number of ether oxygens (including phenoxy) is 2. The van der Waals surface area contributed by atoms with E-state index in [0.29, 0.717) is 29.7 Å². The van der Waals surface area contributed by atoms with Crippen LogP contribution >= 0.6 is 11.3 Å². The van der Waals surface area contributed by atoms with E-state index in [1.54, 1.807) is 24.3 Å². The molecule has 0 unspecified atom stereocenters. The molecule has 0 saturated carbocycles. The number of rotatable bonds is 8. The van der Waals surface area contributed by atoms with Crippen molar-refractivity contribution in [2.24, 2.45) is 0 Å². The van der Waals surface area contributed by atoms with Gasteiger partial charge >= 0.3 is 0 Å². The molecule has 3 aromatic carbocycles. The Balaban J connectivity index is 1.28. The van der Waals surface area contributed by atoms with Crippen molar-refractivity contribution in [1.29, 1.82) is 5.26 Å². The number of amides is 1. The topological polar surface area (TPSA) is 84.2 Å². The van der Waals surface area contributed by atoms with Gasteiger partial charge in [-0.2, -0.15) is 5.26 Å². The van der Waals surface area contributed by atoms with Gasteiger partial charge in [-0.15, -0.1) is 0 Å². The lowest BCUT2D eigenvalue weighted by molar-refractivity contribution is -0.112. The van der Waals surface area contributed by atoms with Crippen LogP contribution in [0.1, 0.15) is 31.9 Å². The van der Waals surface area contributed by atoms with Gasteiger partial charge in [0, 0.05) is 0 Å². The standard InChI is InChI=1S/C29H27N3O3S/c1-29(2,3)22-10-14-24(15-11-22)35-17-16-34-23-12-8-20(9-13-23)18-21(19-30)27(33)32-28-31-25-6-4-5-7-26(25)36-28/h4-15,18H,16-17H2,1-3H3,(H,31,32,33)/b21-18+. The van der Waals surface area contributed by atoms with Crippen molar-refractivity contribution in [1.82, 2.24) is 4.98 Å². The van der Waals surface area contributed by atoms with E-state index in [9.17, 15) is 10.1 Å². The van der Waals surface area contributed by atoms with Crippen LogP contribution in [0.5, 0.6) is 11.5 Å².